The van der Waals surface area contributed by atoms with Gasteiger partial charge in [-0.15, -0.1) is 11.3 Å². The first-order valence-corrected chi connectivity index (χ1v) is 8.51. The van der Waals surface area contributed by atoms with Crippen LogP contribution in [0.25, 0.3) is 21.6 Å². The van der Waals surface area contributed by atoms with Crippen LogP contribution in [-0.4, -0.2) is 15.1 Å². The number of hydrogen-bond acceptors (Lipinski definition) is 4. The van der Waals surface area contributed by atoms with Gasteiger partial charge in [0.15, 0.2) is 0 Å². The zero-order chi connectivity index (χ0) is 15.1. The molecule has 0 aliphatic heterocycles. The predicted molar refractivity (Wildman–Crippen MR) is 91.2 cm³/mol. The fourth-order valence-electron chi connectivity index (χ4n) is 2.55. The zero-order valence-corrected chi connectivity index (χ0v) is 14.2. The number of benzene rings is 1. The van der Waals surface area contributed by atoms with Crippen molar-refractivity contribution in [1.82, 2.24) is 15.1 Å². The summed E-state index contributed by atoms with van der Waals surface area (Å²) in [5.41, 5.74) is 3.56. The molecule has 0 aliphatic rings. The summed E-state index contributed by atoms with van der Waals surface area (Å²) >= 11 is 5.09. The number of aryl methyl sites for hydroxylation is 1. The van der Waals surface area contributed by atoms with Crippen LogP contribution in [0.2, 0.25) is 0 Å². The second-order valence-electron chi connectivity index (χ2n) is 5.10. The summed E-state index contributed by atoms with van der Waals surface area (Å²) in [6.07, 6.45) is 2.64. The van der Waals surface area contributed by atoms with Gasteiger partial charge in [0.05, 0.1) is 11.3 Å². The second kappa shape index (κ2) is 5.37. The van der Waals surface area contributed by atoms with Gasteiger partial charge in [0.2, 0.25) is 11.7 Å². The third kappa shape index (κ3) is 2.28. The number of para-hydroxylation sites is 1. The Labute approximate surface area is 139 Å². The molecule has 0 fully saturated rings. The number of hydrogen-bond donors (Lipinski definition) is 1. The number of nitrogens with one attached hydrogen (secondary N) is 1. The van der Waals surface area contributed by atoms with E-state index in [0.29, 0.717) is 18.1 Å². The van der Waals surface area contributed by atoms with Gasteiger partial charge in [0, 0.05) is 21.6 Å². The molecule has 0 bridgehead atoms. The van der Waals surface area contributed by atoms with Gasteiger partial charge in [0.25, 0.3) is 0 Å². The van der Waals surface area contributed by atoms with Gasteiger partial charge >= 0.3 is 0 Å². The normalized spacial score (nSPS) is 11.4. The van der Waals surface area contributed by atoms with Crippen molar-refractivity contribution < 1.29 is 4.52 Å². The van der Waals surface area contributed by atoms with Crippen molar-refractivity contribution >= 4 is 38.2 Å². The van der Waals surface area contributed by atoms with Crippen LogP contribution in [-0.2, 0) is 6.42 Å². The molecule has 1 aromatic carbocycles. The highest BCUT2D eigenvalue weighted by Gasteiger charge is 2.14. The van der Waals surface area contributed by atoms with Crippen LogP contribution in [0.1, 0.15) is 17.0 Å². The highest BCUT2D eigenvalue weighted by atomic mass is 79.9. The topological polar surface area (TPSA) is 54.7 Å². The Balaban J connectivity index is 1.68. The standard InChI is InChI=1S/C16H12BrN3OS/c1-9-3-2-4-11-10(8-18-14(9)11)7-13-19-16(20-21-13)15-12(17)5-6-22-15/h2-6,8,18H,7H2,1H3. The van der Waals surface area contributed by atoms with Crippen molar-refractivity contribution in [2.45, 2.75) is 13.3 Å². The number of H-pyrrole nitrogens is 1. The predicted octanol–water partition coefficient (Wildman–Crippen LogP) is 4.94. The molecular weight excluding hydrogens is 362 g/mol. The molecule has 0 unspecified atom stereocenters. The summed E-state index contributed by atoms with van der Waals surface area (Å²) in [4.78, 5) is 8.82. The fraction of sp³-hybridized carbons (Fsp3) is 0.125. The van der Waals surface area contributed by atoms with E-state index in [2.05, 4.69) is 56.2 Å². The lowest BCUT2D eigenvalue weighted by Gasteiger charge is -1.97. The molecule has 3 aromatic heterocycles. The van der Waals surface area contributed by atoms with Crippen LogP contribution in [0.3, 0.4) is 0 Å². The molecular formula is C16H12BrN3OS. The first-order chi connectivity index (χ1) is 10.7. The number of nitrogens with zero attached hydrogens (tertiary/aromatic N) is 2. The number of aromatic amines is 1. The van der Waals surface area contributed by atoms with E-state index in [1.54, 1.807) is 11.3 Å². The van der Waals surface area contributed by atoms with E-state index < -0.39 is 0 Å². The molecule has 0 saturated heterocycles. The monoisotopic (exact) mass is 373 g/mol. The average molecular weight is 374 g/mol. The largest absolute Gasteiger partial charge is 0.361 e. The third-order valence-corrected chi connectivity index (χ3v) is 5.47. The van der Waals surface area contributed by atoms with Gasteiger partial charge in [-0.3, -0.25) is 0 Å². The summed E-state index contributed by atoms with van der Waals surface area (Å²) in [6, 6.07) is 8.26. The van der Waals surface area contributed by atoms with E-state index in [4.69, 9.17) is 4.52 Å². The van der Waals surface area contributed by atoms with E-state index in [9.17, 15) is 0 Å². The number of fused-ring (bicyclic) bond motifs is 1. The molecule has 3 heterocycles. The summed E-state index contributed by atoms with van der Waals surface area (Å²) in [5.74, 6) is 1.26. The van der Waals surface area contributed by atoms with E-state index in [-0.39, 0.29) is 0 Å². The van der Waals surface area contributed by atoms with Gasteiger partial charge in [-0.1, -0.05) is 23.4 Å². The number of halogens is 1. The Bertz CT molecular complexity index is 953. The van der Waals surface area contributed by atoms with Crippen molar-refractivity contribution in [2.24, 2.45) is 0 Å². The van der Waals surface area contributed by atoms with Gasteiger partial charge in [-0.05, 0) is 45.4 Å². The lowest BCUT2D eigenvalue weighted by atomic mass is 10.1. The first-order valence-electron chi connectivity index (χ1n) is 6.84. The minimum atomic E-state index is 0.623. The number of aromatic nitrogens is 3. The van der Waals surface area contributed by atoms with E-state index in [0.717, 1.165) is 9.35 Å². The highest BCUT2D eigenvalue weighted by molar-refractivity contribution is 9.10. The van der Waals surface area contributed by atoms with Crippen LogP contribution in [0, 0.1) is 6.92 Å². The van der Waals surface area contributed by atoms with Crippen LogP contribution in [0.15, 0.2) is 44.8 Å². The third-order valence-electron chi connectivity index (χ3n) is 3.64. The molecule has 0 saturated carbocycles. The van der Waals surface area contributed by atoms with Crippen molar-refractivity contribution in [1.29, 1.82) is 0 Å². The quantitative estimate of drug-likeness (QED) is 0.553. The summed E-state index contributed by atoms with van der Waals surface area (Å²) in [7, 11) is 0. The smallest absolute Gasteiger partial charge is 0.231 e. The zero-order valence-electron chi connectivity index (χ0n) is 11.8. The SMILES string of the molecule is Cc1cccc2c(Cc3nc(-c4sccc4Br)no3)c[nH]c12. The first kappa shape index (κ1) is 13.7. The maximum atomic E-state index is 5.41. The Kier molecular flexibility index (Phi) is 3.35. The Morgan fingerprint density at radius 1 is 1.32 bits per heavy atom. The molecule has 0 aliphatic carbocycles. The van der Waals surface area contributed by atoms with Gasteiger partial charge in [0.1, 0.15) is 0 Å². The lowest BCUT2D eigenvalue weighted by molar-refractivity contribution is 0.386. The van der Waals surface area contributed by atoms with E-state index >= 15 is 0 Å². The highest BCUT2D eigenvalue weighted by Crippen LogP contribution is 2.32. The Morgan fingerprint density at radius 2 is 2.23 bits per heavy atom. The maximum Gasteiger partial charge on any atom is 0.231 e. The molecule has 110 valence electrons. The Morgan fingerprint density at radius 3 is 3.05 bits per heavy atom. The molecule has 0 radical (unpaired) electrons. The molecule has 1 N–H and O–H groups in total. The van der Waals surface area contributed by atoms with Crippen molar-refractivity contribution in [2.75, 3.05) is 0 Å². The van der Waals surface area contributed by atoms with E-state index in [1.165, 1.54) is 22.0 Å². The average Bonchev–Trinajstić information content (AvgIpc) is 3.21. The summed E-state index contributed by atoms with van der Waals surface area (Å²) in [6.45, 7) is 2.10. The fourth-order valence-corrected chi connectivity index (χ4v) is 4.02. The maximum absolute atomic E-state index is 5.41. The lowest BCUT2D eigenvalue weighted by Crippen LogP contribution is -1.87. The minimum absolute atomic E-state index is 0.623. The summed E-state index contributed by atoms with van der Waals surface area (Å²) in [5, 5.41) is 7.29. The van der Waals surface area contributed by atoms with Crippen LogP contribution < -0.4 is 0 Å². The van der Waals surface area contributed by atoms with Gasteiger partial charge < -0.3 is 9.51 Å². The molecule has 6 heteroatoms. The van der Waals surface area contributed by atoms with E-state index in [1.807, 2.05) is 17.6 Å². The molecule has 0 amide bonds. The second-order valence-corrected chi connectivity index (χ2v) is 6.87. The number of thiophene rings is 1. The van der Waals surface area contributed by atoms with Crippen molar-refractivity contribution in [3.05, 3.63) is 57.3 Å². The molecule has 22 heavy (non-hydrogen) atoms. The number of rotatable bonds is 3. The molecule has 0 spiro atoms. The van der Waals surface area contributed by atoms with Gasteiger partial charge in [-0.25, -0.2) is 0 Å². The molecule has 4 nitrogen and oxygen atoms in total. The molecule has 0 atom stereocenters. The minimum Gasteiger partial charge on any atom is -0.361 e. The van der Waals surface area contributed by atoms with Crippen molar-refractivity contribution in [3.8, 4) is 10.7 Å². The van der Waals surface area contributed by atoms with Crippen LogP contribution in [0.4, 0.5) is 0 Å². The Hall–Kier alpha value is -1.92. The molecule has 4 aromatic rings. The van der Waals surface area contributed by atoms with Crippen LogP contribution >= 0.6 is 27.3 Å². The van der Waals surface area contributed by atoms with Gasteiger partial charge in [-0.2, -0.15) is 4.98 Å². The summed E-state index contributed by atoms with van der Waals surface area (Å²) < 4.78 is 6.40. The van der Waals surface area contributed by atoms with Crippen LogP contribution in [0.5, 0.6) is 0 Å². The van der Waals surface area contributed by atoms with Crippen molar-refractivity contribution in [3.63, 3.8) is 0 Å². The molecule has 4 rings (SSSR count).